The number of rotatable bonds is 4. The van der Waals surface area contributed by atoms with Gasteiger partial charge in [-0.1, -0.05) is 18.2 Å². The smallest absolute Gasteiger partial charge is 0.151 e. The van der Waals surface area contributed by atoms with Gasteiger partial charge in [-0.05, 0) is 37.3 Å². The number of nitrogens with one attached hydrogen (secondary N) is 1. The van der Waals surface area contributed by atoms with Crippen LogP contribution in [0.3, 0.4) is 0 Å². The molecule has 0 spiro atoms. The van der Waals surface area contributed by atoms with E-state index >= 15 is 0 Å². The topological polar surface area (TPSA) is 49.4 Å². The van der Waals surface area contributed by atoms with Gasteiger partial charge in [0.25, 0.3) is 0 Å². The molecule has 5 heteroatoms. The summed E-state index contributed by atoms with van der Waals surface area (Å²) in [5.41, 5.74) is 2.80. The van der Waals surface area contributed by atoms with E-state index in [2.05, 4.69) is 34.5 Å². The van der Waals surface area contributed by atoms with Crippen LogP contribution in [-0.4, -0.2) is 45.6 Å². The third-order valence-electron chi connectivity index (χ3n) is 4.50. The van der Waals surface area contributed by atoms with Gasteiger partial charge in [0.15, 0.2) is 9.84 Å². The van der Waals surface area contributed by atoms with Crippen molar-refractivity contribution < 1.29 is 8.42 Å². The summed E-state index contributed by atoms with van der Waals surface area (Å²) < 4.78 is 22.9. The third kappa shape index (κ3) is 3.77. The van der Waals surface area contributed by atoms with Crippen LogP contribution in [0.4, 0.5) is 5.69 Å². The maximum atomic E-state index is 11.5. The molecule has 2 aliphatic rings. The lowest BCUT2D eigenvalue weighted by molar-refractivity contribution is 0.550. The highest BCUT2D eigenvalue weighted by atomic mass is 32.2. The molecule has 0 radical (unpaired) electrons. The molecule has 2 aliphatic heterocycles. The molecular weight excluding hydrogens is 284 g/mol. The van der Waals surface area contributed by atoms with Gasteiger partial charge in [-0.25, -0.2) is 8.42 Å². The Morgan fingerprint density at radius 3 is 2.90 bits per heavy atom. The second-order valence-corrected chi connectivity index (χ2v) is 8.36. The van der Waals surface area contributed by atoms with Crippen LogP contribution in [-0.2, 0) is 16.3 Å². The number of hydrogen-bond acceptors (Lipinski definition) is 4. The van der Waals surface area contributed by atoms with Crippen LogP contribution in [0.5, 0.6) is 0 Å². The molecule has 1 aromatic carbocycles. The molecule has 0 aromatic heterocycles. The highest BCUT2D eigenvalue weighted by Gasteiger charge is 2.27. The van der Waals surface area contributed by atoms with Crippen molar-refractivity contribution in [3.05, 3.63) is 29.8 Å². The third-order valence-corrected chi connectivity index (χ3v) is 6.27. The van der Waals surface area contributed by atoms with Crippen molar-refractivity contribution in [1.82, 2.24) is 5.32 Å². The summed E-state index contributed by atoms with van der Waals surface area (Å²) in [4.78, 5) is 2.44. The summed E-state index contributed by atoms with van der Waals surface area (Å²) in [5.74, 6) is 0.654. The molecule has 1 N–H and O–H groups in total. The average Bonchev–Trinajstić information content (AvgIpc) is 2.69. The molecular formula is C16H24N2O2S. The summed E-state index contributed by atoms with van der Waals surface area (Å²) in [6, 6.07) is 8.81. The Morgan fingerprint density at radius 1 is 1.24 bits per heavy atom. The van der Waals surface area contributed by atoms with Crippen LogP contribution in [0.15, 0.2) is 24.3 Å². The van der Waals surface area contributed by atoms with E-state index in [1.54, 1.807) is 0 Å². The highest BCUT2D eigenvalue weighted by Crippen LogP contribution is 2.25. The number of nitrogens with zero attached hydrogens (tertiary/aromatic N) is 1. The van der Waals surface area contributed by atoms with Gasteiger partial charge in [-0.15, -0.1) is 0 Å². The van der Waals surface area contributed by atoms with Crippen molar-refractivity contribution >= 4 is 15.5 Å². The van der Waals surface area contributed by atoms with Gasteiger partial charge in [0.1, 0.15) is 0 Å². The van der Waals surface area contributed by atoms with Gasteiger partial charge in [-0.2, -0.15) is 0 Å². The minimum Gasteiger partial charge on any atom is -0.370 e. The normalized spacial score (nSPS) is 24.6. The maximum Gasteiger partial charge on any atom is 0.151 e. The number of benzene rings is 1. The lowest BCUT2D eigenvalue weighted by Gasteiger charge is -2.25. The summed E-state index contributed by atoms with van der Waals surface area (Å²) in [6.45, 7) is 2.91. The summed E-state index contributed by atoms with van der Waals surface area (Å²) in [5, 5.41) is 3.41. The van der Waals surface area contributed by atoms with Gasteiger partial charge in [0.2, 0.25) is 0 Å². The van der Waals surface area contributed by atoms with E-state index in [1.165, 1.54) is 30.5 Å². The molecule has 0 amide bonds. The van der Waals surface area contributed by atoms with Crippen molar-refractivity contribution in [2.24, 2.45) is 0 Å². The fraction of sp³-hybridized carbons (Fsp3) is 0.625. The summed E-state index contributed by atoms with van der Waals surface area (Å²) in [6.07, 6.45) is 4.41. The SMILES string of the molecule is O=S1(=O)CCC(NCCN2CCCCc3ccccc32)C1. The van der Waals surface area contributed by atoms with Crippen LogP contribution in [0.25, 0.3) is 0 Å². The van der Waals surface area contributed by atoms with E-state index in [1.807, 2.05) is 0 Å². The fourth-order valence-corrected chi connectivity index (χ4v) is 5.07. The highest BCUT2D eigenvalue weighted by molar-refractivity contribution is 7.91. The molecule has 4 nitrogen and oxygen atoms in total. The van der Waals surface area contributed by atoms with Crippen molar-refractivity contribution in [2.45, 2.75) is 31.7 Å². The molecule has 1 unspecified atom stereocenters. The lowest BCUT2D eigenvalue weighted by Crippen LogP contribution is -2.38. The molecule has 116 valence electrons. The number of sulfone groups is 1. The molecule has 0 bridgehead atoms. The number of anilines is 1. The van der Waals surface area contributed by atoms with Gasteiger partial charge < -0.3 is 10.2 Å². The average molecular weight is 308 g/mol. The predicted octanol–water partition coefficient (Wildman–Crippen LogP) is 1.61. The molecule has 2 heterocycles. The van der Waals surface area contributed by atoms with Gasteiger partial charge in [0.05, 0.1) is 11.5 Å². The Kier molecular flexibility index (Phi) is 4.50. The molecule has 3 rings (SSSR count). The van der Waals surface area contributed by atoms with Crippen molar-refractivity contribution in [2.75, 3.05) is 36.0 Å². The van der Waals surface area contributed by atoms with Crippen LogP contribution < -0.4 is 10.2 Å². The Hall–Kier alpha value is -1.07. The van der Waals surface area contributed by atoms with Crippen molar-refractivity contribution in [3.8, 4) is 0 Å². The zero-order valence-corrected chi connectivity index (χ0v) is 13.2. The number of para-hydroxylation sites is 1. The number of hydrogen-bond donors (Lipinski definition) is 1. The Labute approximate surface area is 127 Å². The van der Waals surface area contributed by atoms with E-state index < -0.39 is 9.84 Å². The molecule has 1 fully saturated rings. The van der Waals surface area contributed by atoms with Crippen LogP contribution in [0, 0.1) is 0 Å². The zero-order chi connectivity index (χ0) is 14.7. The first-order valence-corrected chi connectivity index (χ1v) is 9.73. The van der Waals surface area contributed by atoms with Crippen molar-refractivity contribution in [3.63, 3.8) is 0 Å². The monoisotopic (exact) mass is 308 g/mol. The fourth-order valence-electron chi connectivity index (χ4n) is 3.36. The summed E-state index contributed by atoms with van der Waals surface area (Å²) in [7, 11) is -2.78. The second kappa shape index (κ2) is 6.36. The number of aryl methyl sites for hydroxylation is 1. The maximum absolute atomic E-state index is 11.5. The van der Waals surface area contributed by atoms with E-state index in [0.29, 0.717) is 11.5 Å². The van der Waals surface area contributed by atoms with Gasteiger partial charge in [0, 0.05) is 31.4 Å². The van der Waals surface area contributed by atoms with E-state index in [0.717, 1.165) is 26.1 Å². The van der Waals surface area contributed by atoms with E-state index in [4.69, 9.17) is 0 Å². The van der Waals surface area contributed by atoms with Gasteiger partial charge >= 0.3 is 0 Å². The second-order valence-electron chi connectivity index (χ2n) is 6.13. The molecule has 0 saturated carbocycles. The Bertz CT molecular complexity index is 586. The molecule has 1 aromatic rings. The first kappa shape index (κ1) is 14.9. The Morgan fingerprint density at radius 2 is 2.10 bits per heavy atom. The standard InChI is InChI=1S/C16H24N2O2S/c19-21(20)12-8-15(13-21)17-9-11-18-10-4-3-6-14-5-1-2-7-16(14)18/h1-2,5,7,15,17H,3-4,6,8-13H2. The predicted molar refractivity (Wildman–Crippen MR) is 86.7 cm³/mol. The van der Waals surface area contributed by atoms with E-state index in [9.17, 15) is 8.42 Å². The van der Waals surface area contributed by atoms with Crippen LogP contribution in [0.1, 0.15) is 24.8 Å². The molecule has 0 aliphatic carbocycles. The largest absolute Gasteiger partial charge is 0.370 e. The molecule has 21 heavy (non-hydrogen) atoms. The van der Waals surface area contributed by atoms with Gasteiger partial charge in [-0.3, -0.25) is 0 Å². The Balaban J connectivity index is 1.56. The quantitative estimate of drug-likeness (QED) is 0.918. The zero-order valence-electron chi connectivity index (χ0n) is 12.4. The summed E-state index contributed by atoms with van der Waals surface area (Å²) >= 11 is 0. The molecule has 1 atom stereocenters. The first-order valence-electron chi connectivity index (χ1n) is 7.91. The van der Waals surface area contributed by atoms with Crippen LogP contribution in [0.2, 0.25) is 0 Å². The van der Waals surface area contributed by atoms with Crippen LogP contribution >= 0.6 is 0 Å². The molecule has 1 saturated heterocycles. The lowest BCUT2D eigenvalue weighted by atomic mass is 10.1. The first-order chi connectivity index (χ1) is 10.1. The van der Waals surface area contributed by atoms with E-state index in [-0.39, 0.29) is 6.04 Å². The minimum absolute atomic E-state index is 0.150. The minimum atomic E-state index is -2.78. The van der Waals surface area contributed by atoms with Crippen molar-refractivity contribution in [1.29, 1.82) is 0 Å². The number of fused-ring (bicyclic) bond motifs is 1.